The van der Waals surface area contributed by atoms with E-state index in [-0.39, 0.29) is 6.42 Å². The molecule has 260 valence electrons. The number of rotatable bonds is 21. The van der Waals surface area contributed by atoms with Crippen LogP contribution in [0.25, 0.3) is 0 Å². The molecule has 1 rings (SSSR count). The summed E-state index contributed by atoms with van der Waals surface area (Å²) >= 11 is 0. The topological polar surface area (TPSA) is 344 Å². The summed E-state index contributed by atoms with van der Waals surface area (Å²) in [5.74, 6) is -10.4. The van der Waals surface area contributed by atoms with E-state index in [4.69, 9.17) is 15.9 Å². The largest absolute Gasteiger partial charge is 0.481 e. The molecule has 20 heteroatoms. The van der Waals surface area contributed by atoms with E-state index >= 15 is 0 Å². The molecule has 0 aliphatic rings. The van der Waals surface area contributed by atoms with E-state index in [2.05, 4.69) is 10.6 Å². The smallest absolute Gasteiger partial charge is 0.326 e. The third-order valence-electron chi connectivity index (χ3n) is 6.35. The fourth-order valence-corrected chi connectivity index (χ4v) is 3.81. The highest BCUT2D eigenvalue weighted by Crippen LogP contribution is 2.06. The fourth-order valence-electron chi connectivity index (χ4n) is 3.81. The zero-order chi connectivity index (χ0) is 35.7. The molecule has 0 unspecified atom stereocenters. The van der Waals surface area contributed by atoms with Crippen LogP contribution in [0, 0.1) is 0 Å². The SMILES string of the molecule is N[C@@H](CO)C(=O)N[C@@H](CO)C(=O)N[C@@H](CCC(=O)O)C(=O)N[C@@H](CO)C(=O)N[C@@H](CC(=O)O)C(=O)N[C@@H](Cc1ccccc1)C(=O)O. The van der Waals surface area contributed by atoms with Gasteiger partial charge in [-0.05, 0) is 12.0 Å². The lowest BCUT2D eigenvalue weighted by molar-refractivity contribution is -0.144. The first-order valence-electron chi connectivity index (χ1n) is 13.9. The van der Waals surface area contributed by atoms with Gasteiger partial charge in [0.05, 0.1) is 26.2 Å². The van der Waals surface area contributed by atoms with E-state index in [0.29, 0.717) is 5.56 Å². The van der Waals surface area contributed by atoms with Gasteiger partial charge in [-0.3, -0.25) is 33.6 Å². The zero-order valence-electron chi connectivity index (χ0n) is 24.8. The van der Waals surface area contributed by atoms with Gasteiger partial charge in [0.15, 0.2) is 0 Å². The minimum atomic E-state index is -1.90. The summed E-state index contributed by atoms with van der Waals surface area (Å²) < 4.78 is 0. The van der Waals surface area contributed by atoms with Crippen molar-refractivity contribution in [1.82, 2.24) is 26.6 Å². The molecule has 0 aliphatic heterocycles. The molecular weight excluding hydrogens is 632 g/mol. The predicted molar refractivity (Wildman–Crippen MR) is 156 cm³/mol. The number of carboxylic acid groups (broad SMARTS) is 3. The summed E-state index contributed by atoms with van der Waals surface area (Å²) in [4.78, 5) is 97.7. The van der Waals surface area contributed by atoms with Crippen LogP contribution < -0.4 is 32.3 Å². The molecule has 0 spiro atoms. The summed E-state index contributed by atoms with van der Waals surface area (Å²) in [6.07, 6.45) is -2.51. The molecule has 0 radical (unpaired) electrons. The fraction of sp³-hybridized carbons (Fsp3) is 0.481. The van der Waals surface area contributed by atoms with E-state index in [1.807, 2.05) is 16.0 Å². The van der Waals surface area contributed by atoms with Crippen LogP contribution in [0.2, 0.25) is 0 Å². The Kier molecular flexibility index (Phi) is 17.0. The van der Waals surface area contributed by atoms with Crippen LogP contribution in [-0.2, 0) is 44.8 Å². The molecule has 0 saturated heterocycles. The second kappa shape index (κ2) is 20.0. The normalized spacial score (nSPS) is 14.6. The van der Waals surface area contributed by atoms with Crippen LogP contribution in [0.4, 0.5) is 0 Å². The van der Waals surface area contributed by atoms with Crippen LogP contribution in [0.15, 0.2) is 30.3 Å². The molecule has 0 aliphatic carbocycles. The molecule has 5 amide bonds. The lowest BCUT2D eigenvalue weighted by Crippen LogP contribution is -2.60. The van der Waals surface area contributed by atoms with Crippen molar-refractivity contribution in [2.75, 3.05) is 19.8 Å². The Labute approximate surface area is 266 Å². The van der Waals surface area contributed by atoms with Crippen molar-refractivity contribution in [2.45, 2.75) is 61.9 Å². The molecule has 1 aromatic rings. The highest BCUT2D eigenvalue weighted by atomic mass is 16.4. The van der Waals surface area contributed by atoms with Gasteiger partial charge in [-0.1, -0.05) is 30.3 Å². The van der Waals surface area contributed by atoms with Gasteiger partial charge in [0.2, 0.25) is 29.5 Å². The van der Waals surface area contributed by atoms with E-state index in [0.717, 1.165) is 0 Å². The molecule has 13 N–H and O–H groups in total. The average molecular weight is 671 g/mol. The maximum absolute atomic E-state index is 13.0. The van der Waals surface area contributed by atoms with Gasteiger partial charge in [-0.25, -0.2) is 4.79 Å². The second-order valence-electron chi connectivity index (χ2n) is 10.0. The van der Waals surface area contributed by atoms with E-state index in [9.17, 15) is 58.8 Å². The monoisotopic (exact) mass is 670 g/mol. The number of carboxylic acids is 3. The first kappa shape index (κ1) is 39.8. The second-order valence-corrected chi connectivity index (χ2v) is 10.0. The van der Waals surface area contributed by atoms with Crippen molar-refractivity contribution >= 4 is 47.4 Å². The van der Waals surface area contributed by atoms with Crippen molar-refractivity contribution in [3.05, 3.63) is 35.9 Å². The molecule has 6 atom stereocenters. The van der Waals surface area contributed by atoms with Crippen LogP contribution in [0.3, 0.4) is 0 Å². The van der Waals surface area contributed by atoms with E-state index in [1.165, 1.54) is 0 Å². The van der Waals surface area contributed by atoms with Gasteiger partial charge in [-0.15, -0.1) is 0 Å². The number of carbonyl (C=O) groups is 8. The zero-order valence-corrected chi connectivity index (χ0v) is 24.8. The summed E-state index contributed by atoms with van der Waals surface area (Å²) in [5.41, 5.74) is 5.87. The van der Waals surface area contributed by atoms with Gasteiger partial charge in [0.25, 0.3) is 0 Å². The lowest BCUT2D eigenvalue weighted by atomic mass is 10.0. The first-order valence-corrected chi connectivity index (χ1v) is 13.9. The quantitative estimate of drug-likeness (QED) is 0.0580. The lowest BCUT2D eigenvalue weighted by Gasteiger charge is -2.25. The Bertz CT molecular complexity index is 1280. The summed E-state index contributed by atoms with van der Waals surface area (Å²) in [7, 11) is 0. The number of nitrogens with two attached hydrogens (primary N) is 1. The molecule has 1 aromatic carbocycles. The van der Waals surface area contributed by atoms with E-state index < -0.39 is 123 Å². The summed E-state index contributed by atoms with van der Waals surface area (Å²) in [5, 5.41) is 66.4. The molecule has 0 fully saturated rings. The van der Waals surface area contributed by atoms with Crippen LogP contribution >= 0.6 is 0 Å². The predicted octanol–water partition coefficient (Wildman–Crippen LogP) is -5.62. The Hall–Kier alpha value is -5.18. The Morgan fingerprint density at radius 3 is 1.49 bits per heavy atom. The van der Waals surface area contributed by atoms with Crippen molar-refractivity contribution in [2.24, 2.45) is 5.73 Å². The van der Waals surface area contributed by atoms with E-state index in [1.54, 1.807) is 30.3 Å². The van der Waals surface area contributed by atoms with Gasteiger partial charge in [-0.2, -0.15) is 0 Å². The number of hydrogen-bond donors (Lipinski definition) is 12. The Morgan fingerprint density at radius 2 is 1.02 bits per heavy atom. The maximum Gasteiger partial charge on any atom is 0.326 e. The maximum atomic E-state index is 13.0. The van der Waals surface area contributed by atoms with Gasteiger partial charge in [0.1, 0.15) is 36.3 Å². The number of benzene rings is 1. The number of carbonyl (C=O) groups excluding carboxylic acids is 5. The van der Waals surface area contributed by atoms with Crippen molar-refractivity contribution in [1.29, 1.82) is 0 Å². The highest BCUT2D eigenvalue weighted by Gasteiger charge is 2.33. The van der Waals surface area contributed by atoms with Crippen molar-refractivity contribution in [3.63, 3.8) is 0 Å². The van der Waals surface area contributed by atoms with Gasteiger partial charge >= 0.3 is 17.9 Å². The Morgan fingerprint density at radius 1 is 0.574 bits per heavy atom. The highest BCUT2D eigenvalue weighted by molar-refractivity contribution is 5.97. The van der Waals surface area contributed by atoms with Crippen LogP contribution in [0.5, 0.6) is 0 Å². The third-order valence-corrected chi connectivity index (χ3v) is 6.35. The summed E-state index contributed by atoms with van der Waals surface area (Å²) in [6, 6.07) is -2.10. The summed E-state index contributed by atoms with van der Waals surface area (Å²) in [6.45, 7) is -2.95. The number of nitrogens with one attached hydrogen (secondary N) is 5. The number of amides is 5. The molecule has 20 nitrogen and oxygen atoms in total. The molecule has 0 bridgehead atoms. The first-order chi connectivity index (χ1) is 22.1. The average Bonchev–Trinajstić information content (AvgIpc) is 3.02. The van der Waals surface area contributed by atoms with Crippen molar-refractivity contribution in [3.8, 4) is 0 Å². The standard InChI is InChI=1S/C27H38N6O14/c28-14(10-34)22(41)32-18(11-35)25(44)29-15(6-7-20(37)38)23(42)33-19(12-36)26(45)30-16(9-21(39)40)24(43)31-17(27(46)47)8-13-4-2-1-3-5-13/h1-5,14-19,34-36H,6-12,28H2,(H,29,44)(H,30,45)(H,31,43)(H,32,41)(H,33,42)(H,37,38)(H,39,40)(H,46,47)/t14-,15-,16-,17-,18-,19-/m0/s1. The number of aliphatic hydroxyl groups is 3. The van der Waals surface area contributed by atoms with Crippen LogP contribution in [0.1, 0.15) is 24.8 Å². The molecule has 0 heterocycles. The molecular formula is C27H38N6O14. The minimum absolute atomic E-state index is 0.191. The number of hydrogen-bond acceptors (Lipinski definition) is 12. The molecule has 47 heavy (non-hydrogen) atoms. The minimum Gasteiger partial charge on any atom is -0.481 e. The van der Waals surface area contributed by atoms with Gasteiger partial charge in [0, 0.05) is 12.8 Å². The third kappa shape index (κ3) is 14.2. The van der Waals surface area contributed by atoms with Crippen LogP contribution in [-0.4, -0.2) is 134 Å². The Balaban J connectivity index is 3.08. The molecule has 0 aromatic heterocycles. The van der Waals surface area contributed by atoms with Crippen molar-refractivity contribution < 1.29 is 69.0 Å². The number of aliphatic hydroxyl groups excluding tert-OH is 3. The van der Waals surface area contributed by atoms with Gasteiger partial charge < -0.3 is 63.0 Å². The number of aliphatic carboxylic acids is 3. The molecule has 0 saturated carbocycles.